The third-order valence-corrected chi connectivity index (χ3v) is 4.67. The molecule has 1 aromatic carbocycles. The van der Waals surface area contributed by atoms with Gasteiger partial charge in [-0.2, -0.15) is 0 Å². The molecule has 0 atom stereocenters. The smallest absolute Gasteiger partial charge is 0.265 e. The highest BCUT2D eigenvalue weighted by atomic mass is 32.1. The van der Waals surface area contributed by atoms with Crippen molar-refractivity contribution in [2.24, 2.45) is 5.73 Å². The van der Waals surface area contributed by atoms with Crippen LogP contribution in [-0.4, -0.2) is 34.9 Å². The summed E-state index contributed by atoms with van der Waals surface area (Å²) in [5.74, 6) is -0.364. The van der Waals surface area contributed by atoms with Crippen LogP contribution in [-0.2, 0) is 0 Å². The predicted octanol–water partition coefficient (Wildman–Crippen LogP) is 2.51. The second kappa shape index (κ2) is 5.91. The van der Waals surface area contributed by atoms with Crippen LogP contribution >= 0.6 is 11.3 Å². The Bertz CT molecular complexity index is 650. The van der Waals surface area contributed by atoms with Crippen molar-refractivity contribution in [3.8, 4) is 10.6 Å². The van der Waals surface area contributed by atoms with Crippen molar-refractivity contribution < 1.29 is 9.18 Å². The van der Waals surface area contributed by atoms with Gasteiger partial charge in [0.25, 0.3) is 5.91 Å². The quantitative estimate of drug-likeness (QED) is 0.927. The highest BCUT2D eigenvalue weighted by Gasteiger charge is 2.23. The van der Waals surface area contributed by atoms with Crippen molar-refractivity contribution in [1.29, 1.82) is 0 Å². The summed E-state index contributed by atoms with van der Waals surface area (Å²) in [6.45, 7) is 1.35. The van der Waals surface area contributed by atoms with Gasteiger partial charge in [-0.25, -0.2) is 9.37 Å². The number of nitrogens with two attached hydrogens (primary N) is 1. The lowest BCUT2D eigenvalue weighted by Crippen LogP contribution is -2.42. The lowest BCUT2D eigenvalue weighted by Gasteiger charge is -2.29. The SMILES string of the molecule is NC1CCN(C(=O)c2cnc(-c3ccccc3F)s2)CC1. The van der Waals surface area contributed by atoms with Gasteiger partial charge >= 0.3 is 0 Å². The molecule has 1 fully saturated rings. The number of aromatic nitrogens is 1. The van der Waals surface area contributed by atoms with Crippen LogP contribution in [0.5, 0.6) is 0 Å². The van der Waals surface area contributed by atoms with Gasteiger partial charge in [0, 0.05) is 24.7 Å². The summed E-state index contributed by atoms with van der Waals surface area (Å²) in [6, 6.07) is 6.64. The second-order valence-corrected chi connectivity index (χ2v) is 6.17. The fourth-order valence-corrected chi connectivity index (χ4v) is 3.30. The zero-order chi connectivity index (χ0) is 14.8. The molecular formula is C15H16FN3OS. The summed E-state index contributed by atoms with van der Waals surface area (Å²) in [5, 5.41) is 0.533. The molecule has 1 saturated heterocycles. The van der Waals surface area contributed by atoms with Crippen LogP contribution < -0.4 is 5.73 Å². The number of piperidine rings is 1. The minimum absolute atomic E-state index is 0.0398. The van der Waals surface area contributed by atoms with Gasteiger partial charge in [-0.1, -0.05) is 12.1 Å². The molecule has 0 spiro atoms. The number of amides is 1. The average Bonchev–Trinajstić information content (AvgIpc) is 2.97. The second-order valence-electron chi connectivity index (χ2n) is 5.14. The molecule has 0 unspecified atom stereocenters. The van der Waals surface area contributed by atoms with Crippen LogP contribution in [0.25, 0.3) is 10.6 Å². The van der Waals surface area contributed by atoms with Gasteiger partial charge in [-0.15, -0.1) is 11.3 Å². The van der Waals surface area contributed by atoms with Crippen LogP contribution in [0.4, 0.5) is 4.39 Å². The van der Waals surface area contributed by atoms with Crippen LogP contribution in [0.15, 0.2) is 30.5 Å². The van der Waals surface area contributed by atoms with E-state index in [1.165, 1.54) is 23.6 Å². The first kappa shape index (κ1) is 14.2. The number of hydrogen-bond donors (Lipinski definition) is 1. The molecule has 1 amide bonds. The molecule has 2 N–H and O–H groups in total. The maximum absolute atomic E-state index is 13.7. The maximum atomic E-state index is 13.7. The first-order valence-electron chi connectivity index (χ1n) is 6.91. The molecule has 1 aliphatic heterocycles. The third-order valence-electron chi connectivity index (χ3n) is 3.65. The highest BCUT2D eigenvalue weighted by Crippen LogP contribution is 2.28. The van der Waals surface area contributed by atoms with Crippen LogP contribution in [0, 0.1) is 5.82 Å². The normalized spacial score (nSPS) is 16.2. The molecule has 0 radical (unpaired) electrons. The fraction of sp³-hybridized carbons (Fsp3) is 0.333. The summed E-state index contributed by atoms with van der Waals surface area (Å²) >= 11 is 1.23. The minimum Gasteiger partial charge on any atom is -0.338 e. The Balaban J connectivity index is 1.79. The van der Waals surface area contributed by atoms with Crippen molar-refractivity contribution in [2.45, 2.75) is 18.9 Å². The van der Waals surface area contributed by atoms with E-state index in [4.69, 9.17) is 5.73 Å². The topological polar surface area (TPSA) is 59.2 Å². The summed E-state index contributed by atoms with van der Waals surface area (Å²) < 4.78 is 13.7. The van der Waals surface area contributed by atoms with Crippen LogP contribution in [0.3, 0.4) is 0 Å². The van der Waals surface area contributed by atoms with Gasteiger partial charge in [0.05, 0.1) is 6.20 Å². The molecule has 1 aliphatic rings. The Morgan fingerprint density at radius 1 is 1.33 bits per heavy atom. The molecule has 0 saturated carbocycles. The van der Waals surface area contributed by atoms with E-state index >= 15 is 0 Å². The van der Waals surface area contributed by atoms with Crippen molar-refractivity contribution in [1.82, 2.24) is 9.88 Å². The van der Waals surface area contributed by atoms with Gasteiger partial charge in [-0.05, 0) is 25.0 Å². The molecule has 2 aromatic rings. The fourth-order valence-electron chi connectivity index (χ4n) is 2.39. The third kappa shape index (κ3) is 2.96. The number of halogens is 1. The zero-order valence-electron chi connectivity index (χ0n) is 11.5. The summed E-state index contributed by atoms with van der Waals surface area (Å²) in [5.41, 5.74) is 6.28. The van der Waals surface area contributed by atoms with Crippen molar-refractivity contribution in [3.05, 3.63) is 41.2 Å². The van der Waals surface area contributed by atoms with Crippen LogP contribution in [0.1, 0.15) is 22.5 Å². The number of likely N-dealkylation sites (tertiary alicyclic amines) is 1. The molecule has 1 aromatic heterocycles. The predicted molar refractivity (Wildman–Crippen MR) is 80.6 cm³/mol. The van der Waals surface area contributed by atoms with Gasteiger partial charge in [0.2, 0.25) is 0 Å². The van der Waals surface area contributed by atoms with Crippen LogP contribution in [0.2, 0.25) is 0 Å². The zero-order valence-corrected chi connectivity index (χ0v) is 12.3. The lowest BCUT2D eigenvalue weighted by atomic mass is 10.1. The molecule has 0 aliphatic carbocycles. The molecule has 110 valence electrons. The monoisotopic (exact) mass is 305 g/mol. The Labute approximate surface area is 126 Å². The number of carbonyl (C=O) groups is 1. The number of benzene rings is 1. The number of carbonyl (C=O) groups excluding carboxylic acids is 1. The molecule has 4 nitrogen and oxygen atoms in total. The summed E-state index contributed by atoms with van der Waals surface area (Å²) in [6.07, 6.45) is 3.18. The van der Waals surface area contributed by atoms with Gasteiger partial charge in [0.1, 0.15) is 15.7 Å². The number of thiazole rings is 1. The van der Waals surface area contributed by atoms with E-state index < -0.39 is 0 Å². The minimum atomic E-state index is -0.324. The largest absolute Gasteiger partial charge is 0.338 e. The Morgan fingerprint density at radius 3 is 2.76 bits per heavy atom. The first-order chi connectivity index (χ1) is 10.1. The van der Waals surface area contributed by atoms with E-state index in [9.17, 15) is 9.18 Å². The molecule has 2 heterocycles. The van der Waals surface area contributed by atoms with E-state index in [2.05, 4.69) is 4.98 Å². The van der Waals surface area contributed by atoms with Gasteiger partial charge in [-0.3, -0.25) is 4.79 Å². The van der Waals surface area contributed by atoms with E-state index in [-0.39, 0.29) is 17.8 Å². The van der Waals surface area contributed by atoms with Gasteiger partial charge < -0.3 is 10.6 Å². The van der Waals surface area contributed by atoms with E-state index in [0.29, 0.717) is 28.5 Å². The molecule has 3 rings (SSSR count). The molecular weight excluding hydrogens is 289 g/mol. The highest BCUT2D eigenvalue weighted by molar-refractivity contribution is 7.16. The number of rotatable bonds is 2. The Kier molecular flexibility index (Phi) is 3.98. The maximum Gasteiger partial charge on any atom is 0.265 e. The molecule has 21 heavy (non-hydrogen) atoms. The standard InChI is InChI=1S/C15H16FN3OS/c16-12-4-2-1-3-11(12)14-18-9-13(21-14)15(20)19-7-5-10(17)6-8-19/h1-4,9-10H,5-8,17H2. The van der Waals surface area contributed by atoms with Crippen molar-refractivity contribution in [2.75, 3.05) is 13.1 Å². The first-order valence-corrected chi connectivity index (χ1v) is 7.72. The van der Waals surface area contributed by atoms with E-state index in [1.54, 1.807) is 23.1 Å². The van der Waals surface area contributed by atoms with E-state index in [0.717, 1.165) is 12.8 Å². The molecule has 0 bridgehead atoms. The number of nitrogens with zero attached hydrogens (tertiary/aromatic N) is 2. The van der Waals surface area contributed by atoms with Crippen molar-refractivity contribution >= 4 is 17.2 Å². The van der Waals surface area contributed by atoms with E-state index in [1.807, 2.05) is 0 Å². The number of hydrogen-bond acceptors (Lipinski definition) is 4. The molecule has 6 heteroatoms. The summed E-state index contributed by atoms with van der Waals surface area (Å²) in [7, 11) is 0. The lowest BCUT2D eigenvalue weighted by molar-refractivity contribution is 0.0719. The van der Waals surface area contributed by atoms with Gasteiger partial charge in [0.15, 0.2) is 0 Å². The average molecular weight is 305 g/mol. The Hall–Kier alpha value is -1.79. The van der Waals surface area contributed by atoms with Crippen molar-refractivity contribution in [3.63, 3.8) is 0 Å². The Morgan fingerprint density at radius 2 is 2.05 bits per heavy atom. The summed E-state index contributed by atoms with van der Waals surface area (Å²) in [4.78, 5) is 18.9.